The molecule has 0 aromatic carbocycles. The number of esters is 1. The van der Waals surface area contributed by atoms with Crippen molar-refractivity contribution in [3.8, 4) is 0 Å². The molecule has 1 aromatic heterocycles. The van der Waals surface area contributed by atoms with Gasteiger partial charge in [-0.25, -0.2) is 9.78 Å². The van der Waals surface area contributed by atoms with Gasteiger partial charge in [0.2, 0.25) is 0 Å². The lowest BCUT2D eigenvalue weighted by molar-refractivity contribution is -0.143. The van der Waals surface area contributed by atoms with Gasteiger partial charge in [-0.3, -0.25) is 0 Å². The van der Waals surface area contributed by atoms with E-state index in [2.05, 4.69) is 26.2 Å². The number of pyridine rings is 1. The molecule has 88 valence electrons. The van der Waals surface area contributed by atoms with E-state index in [1.54, 1.807) is 20.0 Å². The molecule has 0 saturated carbocycles. The summed E-state index contributed by atoms with van der Waals surface area (Å²) in [5, 5.41) is 3.00. The van der Waals surface area contributed by atoms with Crippen LogP contribution in [0.1, 0.15) is 19.4 Å². The summed E-state index contributed by atoms with van der Waals surface area (Å²) in [6, 6.07) is 1.48. The number of rotatable bonds is 4. The Morgan fingerprint density at radius 1 is 1.69 bits per heavy atom. The van der Waals surface area contributed by atoms with Crippen LogP contribution in [0.5, 0.6) is 0 Å². The maximum Gasteiger partial charge on any atom is 0.328 e. The highest BCUT2D eigenvalue weighted by Crippen LogP contribution is 2.23. The number of aromatic nitrogens is 1. The van der Waals surface area contributed by atoms with Crippen molar-refractivity contribution in [1.29, 1.82) is 0 Å². The number of carbonyl (C=O) groups excluding carboxylic acids is 1. The Morgan fingerprint density at radius 3 is 3.00 bits per heavy atom. The van der Waals surface area contributed by atoms with Crippen LogP contribution < -0.4 is 5.32 Å². The molecule has 4 nitrogen and oxygen atoms in total. The average Bonchev–Trinajstić information content (AvgIpc) is 2.25. The van der Waals surface area contributed by atoms with Crippen molar-refractivity contribution in [2.24, 2.45) is 0 Å². The van der Waals surface area contributed by atoms with Gasteiger partial charge >= 0.3 is 5.97 Å². The average molecular weight is 287 g/mol. The molecule has 0 radical (unpaired) electrons. The maximum atomic E-state index is 11.4. The summed E-state index contributed by atoms with van der Waals surface area (Å²) >= 11 is 3.42. The Balaban J connectivity index is 2.73. The van der Waals surface area contributed by atoms with Crippen LogP contribution >= 0.6 is 15.9 Å². The first-order valence-corrected chi connectivity index (χ1v) is 5.89. The van der Waals surface area contributed by atoms with Gasteiger partial charge in [0.25, 0.3) is 0 Å². The molecule has 0 spiro atoms. The van der Waals surface area contributed by atoms with Gasteiger partial charge in [-0.05, 0) is 48.3 Å². The maximum absolute atomic E-state index is 11.4. The minimum absolute atomic E-state index is 0.280. The number of aryl methyl sites for hydroxylation is 1. The number of halogens is 1. The minimum Gasteiger partial charge on any atom is -0.464 e. The predicted octanol–water partition coefficient (Wildman–Crippen LogP) is 2.52. The summed E-state index contributed by atoms with van der Waals surface area (Å²) in [7, 11) is 0. The molecular weight excluding hydrogens is 272 g/mol. The number of anilines is 1. The summed E-state index contributed by atoms with van der Waals surface area (Å²) < 4.78 is 5.77. The fourth-order valence-electron chi connectivity index (χ4n) is 1.17. The molecular formula is C11H15BrN2O2. The molecule has 0 amide bonds. The Kier molecular flexibility index (Phi) is 4.73. The zero-order valence-electron chi connectivity index (χ0n) is 9.58. The van der Waals surface area contributed by atoms with Crippen molar-refractivity contribution >= 4 is 27.7 Å². The number of ether oxygens (including phenoxy) is 1. The van der Waals surface area contributed by atoms with Crippen molar-refractivity contribution in [2.45, 2.75) is 26.8 Å². The van der Waals surface area contributed by atoms with Gasteiger partial charge in [0.1, 0.15) is 11.9 Å². The second-order valence-electron chi connectivity index (χ2n) is 3.41. The van der Waals surface area contributed by atoms with Crippen LogP contribution in [0.2, 0.25) is 0 Å². The van der Waals surface area contributed by atoms with Crippen molar-refractivity contribution < 1.29 is 9.53 Å². The molecule has 16 heavy (non-hydrogen) atoms. The van der Waals surface area contributed by atoms with E-state index in [1.807, 2.05) is 13.0 Å². The second kappa shape index (κ2) is 5.84. The van der Waals surface area contributed by atoms with Crippen LogP contribution in [0.15, 0.2) is 16.7 Å². The first-order valence-electron chi connectivity index (χ1n) is 5.10. The highest BCUT2D eigenvalue weighted by Gasteiger charge is 2.15. The summed E-state index contributed by atoms with van der Waals surface area (Å²) in [6.07, 6.45) is 1.69. The number of hydrogen-bond donors (Lipinski definition) is 1. The van der Waals surface area contributed by atoms with E-state index in [9.17, 15) is 4.79 Å². The van der Waals surface area contributed by atoms with Crippen molar-refractivity contribution in [2.75, 3.05) is 11.9 Å². The summed E-state index contributed by atoms with van der Waals surface area (Å²) in [5.74, 6) is 0.373. The van der Waals surface area contributed by atoms with Crippen LogP contribution in [-0.4, -0.2) is 23.6 Å². The monoisotopic (exact) mass is 286 g/mol. The van der Waals surface area contributed by atoms with Gasteiger partial charge in [-0.15, -0.1) is 0 Å². The minimum atomic E-state index is -0.412. The second-order valence-corrected chi connectivity index (χ2v) is 4.20. The lowest BCUT2D eigenvalue weighted by Crippen LogP contribution is -2.28. The zero-order chi connectivity index (χ0) is 12.1. The first kappa shape index (κ1) is 13.0. The van der Waals surface area contributed by atoms with Gasteiger partial charge < -0.3 is 10.1 Å². The van der Waals surface area contributed by atoms with Gasteiger partial charge in [0.15, 0.2) is 0 Å². The Hall–Kier alpha value is -1.10. The summed E-state index contributed by atoms with van der Waals surface area (Å²) in [5.41, 5.74) is 1.06. The molecule has 0 saturated heterocycles. The highest BCUT2D eigenvalue weighted by molar-refractivity contribution is 9.10. The zero-order valence-corrected chi connectivity index (χ0v) is 11.2. The van der Waals surface area contributed by atoms with E-state index in [4.69, 9.17) is 4.74 Å². The standard InChI is InChI=1S/C11H15BrN2O2/c1-4-16-11(15)8(3)14-10-9(12)7(2)5-6-13-10/h5-6,8H,4H2,1-3H3,(H,13,14). The molecule has 0 bridgehead atoms. The molecule has 5 heteroatoms. The Labute approximate surface area is 104 Å². The molecule has 0 aliphatic heterocycles. The van der Waals surface area contributed by atoms with Gasteiger partial charge in [-0.1, -0.05) is 0 Å². The van der Waals surface area contributed by atoms with E-state index >= 15 is 0 Å². The smallest absolute Gasteiger partial charge is 0.328 e. The van der Waals surface area contributed by atoms with E-state index in [0.29, 0.717) is 12.4 Å². The highest BCUT2D eigenvalue weighted by atomic mass is 79.9. The number of nitrogens with zero attached hydrogens (tertiary/aromatic N) is 1. The molecule has 1 N–H and O–H groups in total. The molecule has 1 rings (SSSR count). The fraction of sp³-hybridized carbons (Fsp3) is 0.455. The van der Waals surface area contributed by atoms with E-state index in [1.165, 1.54) is 0 Å². The third-order valence-corrected chi connectivity index (χ3v) is 3.08. The number of carbonyl (C=O) groups is 1. The molecule has 1 heterocycles. The quantitative estimate of drug-likeness (QED) is 0.864. The van der Waals surface area contributed by atoms with E-state index < -0.39 is 6.04 Å². The molecule has 0 fully saturated rings. The normalized spacial score (nSPS) is 12.0. The van der Waals surface area contributed by atoms with E-state index in [0.717, 1.165) is 10.0 Å². The molecule has 0 aliphatic rings. The van der Waals surface area contributed by atoms with Crippen molar-refractivity contribution in [3.63, 3.8) is 0 Å². The molecule has 0 aliphatic carbocycles. The van der Waals surface area contributed by atoms with Crippen LogP contribution in [0.3, 0.4) is 0 Å². The number of hydrogen-bond acceptors (Lipinski definition) is 4. The predicted molar refractivity (Wildman–Crippen MR) is 66.4 cm³/mol. The van der Waals surface area contributed by atoms with Crippen molar-refractivity contribution in [1.82, 2.24) is 4.98 Å². The van der Waals surface area contributed by atoms with Crippen LogP contribution in [0.25, 0.3) is 0 Å². The van der Waals surface area contributed by atoms with Crippen molar-refractivity contribution in [3.05, 3.63) is 22.3 Å². The van der Waals surface area contributed by atoms with Gasteiger partial charge in [0, 0.05) is 6.20 Å². The first-order chi connectivity index (χ1) is 7.56. The summed E-state index contributed by atoms with van der Waals surface area (Å²) in [6.45, 7) is 5.87. The lowest BCUT2D eigenvalue weighted by atomic mass is 10.3. The fourth-order valence-corrected chi connectivity index (χ4v) is 1.52. The van der Waals surface area contributed by atoms with Crippen LogP contribution in [0, 0.1) is 6.92 Å². The largest absolute Gasteiger partial charge is 0.464 e. The Morgan fingerprint density at radius 2 is 2.38 bits per heavy atom. The Bertz CT molecular complexity index is 382. The number of nitrogens with one attached hydrogen (secondary N) is 1. The van der Waals surface area contributed by atoms with Crippen LogP contribution in [-0.2, 0) is 9.53 Å². The molecule has 1 atom stereocenters. The lowest BCUT2D eigenvalue weighted by Gasteiger charge is -2.14. The SMILES string of the molecule is CCOC(=O)C(C)Nc1nccc(C)c1Br. The van der Waals surface area contributed by atoms with Gasteiger partial charge in [0.05, 0.1) is 11.1 Å². The third-order valence-electron chi connectivity index (χ3n) is 2.08. The topological polar surface area (TPSA) is 51.2 Å². The molecule has 1 unspecified atom stereocenters. The molecule has 1 aromatic rings. The van der Waals surface area contributed by atoms with E-state index in [-0.39, 0.29) is 5.97 Å². The van der Waals surface area contributed by atoms with Gasteiger partial charge in [-0.2, -0.15) is 0 Å². The van der Waals surface area contributed by atoms with Crippen LogP contribution in [0.4, 0.5) is 5.82 Å². The summed E-state index contributed by atoms with van der Waals surface area (Å²) in [4.78, 5) is 15.6. The third kappa shape index (κ3) is 3.20.